The third-order valence-electron chi connectivity index (χ3n) is 3.04. The molecule has 0 aliphatic carbocycles. The molecule has 2 aromatic rings. The highest BCUT2D eigenvalue weighted by Crippen LogP contribution is 2.26. The average Bonchev–Trinajstić information content (AvgIpc) is 2.56. The normalized spacial score (nSPS) is 11.5. The summed E-state index contributed by atoms with van der Waals surface area (Å²) in [6.07, 6.45) is -0.945. The van der Waals surface area contributed by atoms with E-state index in [1.165, 1.54) is 25.1 Å². The van der Waals surface area contributed by atoms with Crippen LogP contribution in [-0.2, 0) is 4.79 Å². The first kappa shape index (κ1) is 17.2. The minimum absolute atomic E-state index is 0.104. The molecule has 0 heterocycles. The van der Waals surface area contributed by atoms with Crippen molar-refractivity contribution >= 4 is 11.6 Å². The van der Waals surface area contributed by atoms with Crippen molar-refractivity contribution < 1.29 is 23.0 Å². The molecule has 1 N–H and O–H groups in total. The van der Waals surface area contributed by atoms with Crippen LogP contribution in [0.25, 0.3) is 0 Å². The van der Waals surface area contributed by atoms with Gasteiger partial charge in [0.25, 0.3) is 5.91 Å². The van der Waals surface area contributed by atoms with Crippen LogP contribution in [0, 0.1) is 11.3 Å². The van der Waals surface area contributed by atoms with Crippen LogP contribution in [0.15, 0.2) is 48.5 Å². The van der Waals surface area contributed by atoms with Crippen LogP contribution in [0.1, 0.15) is 12.5 Å². The van der Waals surface area contributed by atoms with Crippen molar-refractivity contribution in [3.63, 3.8) is 0 Å². The van der Waals surface area contributed by atoms with Crippen molar-refractivity contribution in [3.05, 3.63) is 54.1 Å². The number of nitrogens with one attached hydrogen (secondary N) is 1. The fourth-order valence-corrected chi connectivity index (χ4v) is 1.91. The fraction of sp³-hybridized carbons (Fsp3) is 0.176. The Morgan fingerprint density at radius 1 is 1.08 bits per heavy atom. The Morgan fingerprint density at radius 3 is 2.38 bits per heavy atom. The third-order valence-corrected chi connectivity index (χ3v) is 3.04. The van der Waals surface area contributed by atoms with E-state index in [4.69, 9.17) is 10.00 Å². The van der Waals surface area contributed by atoms with Crippen LogP contribution in [0.2, 0.25) is 0 Å². The van der Waals surface area contributed by atoms with Gasteiger partial charge in [-0.25, -0.2) is 0 Å². The molecule has 2 rings (SSSR count). The maximum Gasteiger partial charge on any atom is 0.387 e. The molecule has 0 spiro atoms. The molecule has 24 heavy (non-hydrogen) atoms. The molecule has 0 fully saturated rings. The molecule has 2 aromatic carbocycles. The van der Waals surface area contributed by atoms with E-state index in [0.29, 0.717) is 5.56 Å². The van der Waals surface area contributed by atoms with Crippen molar-refractivity contribution in [2.75, 3.05) is 5.32 Å². The van der Waals surface area contributed by atoms with Gasteiger partial charge in [-0.2, -0.15) is 14.0 Å². The van der Waals surface area contributed by atoms with Crippen molar-refractivity contribution in [3.8, 4) is 17.6 Å². The summed E-state index contributed by atoms with van der Waals surface area (Å²) in [4.78, 5) is 12.2. The second-order valence-corrected chi connectivity index (χ2v) is 4.73. The van der Waals surface area contributed by atoms with E-state index in [9.17, 15) is 13.6 Å². The van der Waals surface area contributed by atoms with Crippen LogP contribution in [0.4, 0.5) is 14.5 Å². The Kier molecular flexibility index (Phi) is 5.68. The molecule has 1 atom stereocenters. The minimum Gasteiger partial charge on any atom is -0.480 e. The average molecular weight is 332 g/mol. The molecule has 0 saturated heterocycles. The number of hydrogen-bond donors (Lipinski definition) is 1. The zero-order valence-corrected chi connectivity index (χ0v) is 12.7. The molecule has 1 unspecified atom stereocenters. The van der Waals surface area contributed by atoms with Crippen molar-refractivity contribution in [1.82, 2.24) is 0 Å². The molecular weight excluding hydrogens is 318 g/mol. The Morgan fingerprint density at radius 2 is 1.71 bits per heavy atom. The highest BCUT2D eigenvalue weighted by atomic mass is 19.3. The fourth-order valence-electron chi connectivity index (χ4n) is 1.91. The van der Waals surface area contributed by atoms with Gasteiger partial charge in [0.2, 0.25) is 0 Å². The Labute approximate surface area is 137 Å². The number of halogens is 2. The van der Waals surface area contributed by atoms with Crippen molar-refractivity contribution in [1.29, 1.82) is 5.26 Å². The van der Waals surface area contributed by atoms with Crippen molar-refractivity contribution in [2.45, 2.75) is 19.6 Å². The first-order chi connectivity index (χ1) is 11.5. The predicted octanol–water partition coefficient (Wildman–Crippen LogP) is 3.57. The number of alkyl halides is 2. The third kappa shape index (κ3) is 4.43. The van der Waals surface area contributed by atoms with E-state index in [-0.39, 0.29) is 17.2 Å². The standard InChI is InChI=1S/C17H14F2N2O3/c1-11(23-14-8-4-2-6-12(14)10-20)16(22)21-13-7-3-5-9-15(13)24-17(18)19/h2-9,11,17H,1H3,(H,21,22). The van der Waals surface area contributed by atoms with Crippen LogP contribution in [0.5, 0.6) is 11.5 Å². The highest BCUT2D eigenvalue weighted by Gasteiger charge is 2.18. The Hall–Kier alpha value is -3.14. The van der Waals surface area contributed by atoms with Gasteiger partial charge in [-0.1, -0.05) is 24.3 Å². The molecule has 0 aliphatic heterocycles. The lowest BCUT2D eigenvalue weighted by molar-refractivity contribution is -0.122. The number of carbonyl (C=O) groups is 1. The molecular formula is C17H14F2N2O3. The number of nitriles is 1. The smallest absolute Gasteiger partial charge is 0.387 e. The summed E-state index contributed by atoms with van der Waals surface area (Å²) in [7, 11) is 0. The summed E-state index contributed by atoms with van der Waals surface area (Å²) in [5.74, 6) is -0.446. The first-order valence-electron chi connectivity index (χ1n) is 7.01. The van der Waals surface area contributed by atoms with E-state index in [1.54, 1.807) is 30.3 Å². The predicted molar refractivity (Wildman–Crippen MR) is 83.0 cm³/mol. The van der Waals surface area contributed by atoms with Gasteiger partial charge in [0.15, 0.2) is 6.10 Å². The maximum absolute atomic E-state index is 12.4. The van der Waals surface area contributed by atoms with Gasteiger partial charge >= 0.3 is 6.61 Å². The maximum atomic E-state index is 12.4. The van der Waals surface area contributed by atoms with Gasteiger partial charge in [-0.05, 0) is 31.2 Å². The molecule has 0 aliphatic rings. The SMILES string of the molecule is CC(Oc1ccccc1C#N)C(=O)Nc1ccccc1OC(F)F. The van der Waals surface area contributed by atoms with Gasteiger partial charge < -0.3 is 14.8 Å². The van der Waals surface area contributed by atoms with Gasteiger partial charge in [-0.3, -0.25) is 4.79 Å². The van der Waals surface area contributed by atoms with E-state index in [1.807, 2.05) is 6.07 Å². The molecule has 7 heteroatoms. The Bertz CT molecular complexity index is 759. The van der Waals surface area contributed by atoms with E-state index >= 15 is 0 Å². The van der Waals surface area contributed by atoms with E-state index < -0.39 is 18.6 Å². The molecule has 0 saturated carbocycles. The van der Waals surface area contributed by atoms with Crippen LogP contribution in [0.3, 0.4) is 0 Å². The minimum atomic E-state index is -3.00. The monoisotopic (exact) mass is 332 g/mol. The summed E-state index contributed by atoms with van der Waals surface area (Å²) in [6.45, 7) is -1.51. The number of benzene rings is 2. The molecule has 124 valence electrons. The highest BCUT2D eigenvalue weighted by molar-refractivity contribution is 5.95. The van der Waals surface area contributed by atoms with E-state index in [2.05, 4.69) is 10.1 Å². The second-order valence-electron chi connectivity index (χ2n) is 4.73. The van der Waals surface area contributed by atoms with Crippen LogP contribution in [-0.4, -0.2) is 18.6 Å². The van der Waals surface area contributed by atoms with Crippen molar-refractivity contribution in [2.24, 2.45) is 0 Å². The summed E-state index contributed by atoms with van der Waals surface area (Å²) in [6, 6.07) is 14.3. The molecule has 0 radical (unpaired) electrons. The number of amides is 1. The largest absolute Gasteiger partial charge is 0.480 e. The number of hydrogen-bond acceptors (Lipinski definition) is 4. The van der Waals surface area contributed by atoms with Gasteiger partial charge in [0.05, 0.1) is 11.3 Å². The molecule has 0 bridgehead atoms. The molecule has 0 aromatic heterocycles. The lowest BCUT2D eigenvalue weighted by Gasteiger charge is -2.17. The first-order valence-corrected chi connectivity index (χ1v) is 7.01. The van der Waals surface area contributed by atoms with Crippen LogP contribution < -0.4 is 14.8 Å². The van der Waals surface area contributed by atoms with Gasteiger partial charge in [0, 0.05) is 0 Å². The zero-order valence-electron chi connectivity index (χ0n) is 12.7. The van der Waals surface area contributed by atoms with Gasteiger partial charge in [0.1, 0.15) is 17.6 Å². The molecule has 1 amide bonds. The van der Waals surface area contributed by atoms with E-state index in [0.717, 1.165) is 0 Å². The zero-order chi connectivity index (χ0) is 17.5. The summed E-state index contributed by atoms with van der Waals surface area (Å²) < 4.78 is 34.6. The summed E-state index contributed by atoms with van der Waals surface area (Å²) in [5, 5.41) is 11.5. The van der Waals surface area contributed by atoms with Crippen LogP contribution >= 0.6 is 0 Å². The lowest BCUT2D eigenvalue weighted by Crippen LogP contribution is -2.30. The second kappa shape index (κ2) is 7.92. The summed E-state index contributed by atoms with van der Waals surface area (Å²) >= 11 is 0. The number of ether oxygens (including phenoxy) is 2. The number of nitrogens with zero attached hydrogens (tertiary/aromatic N) is 1. The number of para-hydroxylation sites is 3. The van der Waals surface area contributed by atoms with Gasteiger partial charge in [-0.15, -0.1) is 0 Å². The Balaban J connectivity index is 2.09. The topological polar surface area (TPSA) is 71.3 Å². The number of rotatable bonds is 6. The quantitative estimate of drug-likeness (QED) is 0.878. The summed E-state index contributed by atoms with van der Waals surface area (Å²) in [5.41, 5.74) is 0.394. The lowest BCUT2D eigenvalue weighted by atomic mass is 10.2. The molecule has 5 nitrogen and oxygen atoms in total. The number of anilines is 1. The number of carbonyl (C=O) groups excluding carboxylic acids is 1.